The first-order valence-electron chi connectivity index (χ1n) is 6.49. The van der Waals surface area contributed by atoms with E-state index >= 15 is 0 Å². The van der Waals surface area contributed by atoms with Crippen LogP contribution in [0.3, 0.4) is 0 Å². The van der Waals surface area contributed by atoms with Crippen LogP contribution in [0.5, 0.6) is 0 Å². The van der Waals surface area contributed by atoms with E-state index in [0.717, 1.165) is 0 Å². The molecule has 22 heavy (non-hydrogen) atoms. The second-order valence-electron chi connectivity index (χ2n) is 5.60. The summed E-state index contributed by atoms with van der Waals surface area (Å²) >= 11 is 0. The van der Waals surface area contributed by atoms with Gasteiger partial charge in [0.15, 0.2) is 11.2 Å². The topological polar surface area (TPSA) is 100 Å². The van der Waals surface area contributed by atoms with Crippen molar-refractivity contribution in [2.45, 2.75) is 38.9 Å². The molecule has 0 unspecified atom stereocenters. The fourth-order valence-corrected chi connectivity index (χ4v) is 1.37. The van der Waals surface area contributed by atoms with Gasteiger partial charge in [0.05, 0.1) is 11.1 Å². The Labute approximate surface area is 128 Å². The lowest BCUT2D eigenvalue weighted by atomic mass is 10.1. The maximum Gasteiger partial charge on any atom is 0.339 e. The van der Waals surface area contributed by atoms with Gasteiger partial charge in [-0.3, -0.25) is 0 Å². The third kappa shape index (κ3) is 4.60. The number of nitrogens with zero attached hydrogens (tertiary/aromatic N) is 2. The molecule has 1 aromatic carbocycles. The van der Waals surface area contributed by atoms with Crippen molar-refractivity contribution < 1.29 is 19.1 Å². The molecule has 1 rings (SSSR count). The van der Waals surface area contributed by atoms with Crippen molar-refractivity contribution in [3.63, 3.8) is 0 Å². The van der Waals surface area contributed by atoms with Gasteiger partial charge < -0.3 is 9.47 Å². The van der Waals surface area contributed by atoms with E-state index in [1.54, 1.807) is 0 Å². The van der Waals surface area contributed by atoms with Crippen LogP contribution in [0.25, 0.3) is 0 Å². The van der Waals surface area contributed by atoms with Crippen LogP contribution in [0.1, 0.15) is 48.4 Å². The zero-order chi connectivity index (χ0) is 17.0. The summed E-state index contributed by atoms with van der Waals surface area (Å²) < 4.78 is 10.0. The number of rotatable bonds is 4. The van der Waals surface area contributed by atoms with E-state index in [4.69, 9.17) is 20.0 Å². The van der Waals surface area contributed by atoms with Crippen LogP contribution in [-0.4, -0.2) is 23.1 Å². The highest BCUT2D eigenvalue weighted by Gasteiger charge is 2.25. The van der Waals surface area contributed by atoms with E-state index < -0.39 is 23.1 Å². The number of benzene rings is 1. The first-order chi connectivity index (χ1) is 10.1. The predicted molar refractivity (Wildman–Crippen MR) is 76.7 cm³/mol. The van der Waals surface area contributed by atoms with E-state index in [-0.39, 0.29) is 11.1 Å². The van der Waals surface area contributed by atoms with Crippen molar-refractivity contribution in [3.05, 3.63) is 35.4 Å². The third-order valence-electron chi connectivity index (χ3n) is 2.59. The molecule has 0 N–H and O–H groups in total. The highest BCUT2D eigenvalue weighted by Crippen LogP contribution is 2.15. The van der Waals surface area contributed by atoms with Crippen LogP contribution < -0.4 is 0 Å². The molecule has 6 nitrogen and oxygen atoms in total. The summed E-state index contributed by atoms with van der Waals surface area (Å²) in [5.41, 5.74) is -2.05. The molecule has 0 radical (unpaired) electrons. The van der Waals surface area contributed by atoms with Gasteiger partial charge in [-0.2, -0.15) is 10.5 Å². The van der Waals surface area contributed by atoms with Gasteiger partial charge >= 0.3 is 11.9 Å². The monoisotopic (exact) mass is 300 g/mol. The van der Waals surface area contributed by atoms with Crippen LogP contribution in [0, 0.1) is 22.7 Å². The van der Waals surface area contributed by atoms with E-state index in [1.807, 2.05) is 12.1 Å². The highest BCUT2D eigenvalue weighted by atomic mass is 16.6. The molecule has 6 heteroatoms. The lowest BCUT2D eigenvalue weighted by Crippen LogP contribution is -2.26. The Balaban J connectivity index is 2.84. The van der Waals surface area contributed by atoms with Crippen LogP contribution >= 0.6 is 0 Å². The maximum atomic E-state index is 11.8. The summed E-state index contributed by atoms with van der Waals surface area (Å²) in [4.78, 5) is 23.7. The van der Waals surface area contributed by atoms with Gasteiger partial charge in [0.2, 0.25) is 0 Å². The van der Waals surface area contributed by atoms with Gasteiger partial charge in [0.25, 0.3) is 0 Å². The zero-order valence-corrected chi connectivity index (χ0v) is 12.8. The number of carbonyl (C=O) groups excluding carboxylic acids is 2. The first-order valence-corrected chi connectivity index (χ1v) is 6.49. The minimum atomic E-state index is -1.23. The molecule has 0 aliphatic carbocycles. The van der Waals surface area contributed by atoms with Gasteiger partial charge in [0, 0.05) is 0 Å². The van der Waals surface area contributed by atoms with Crippen molar-refractivity contribution in [2.24, 2.45) is 0 Å². The van der Waals surface area contributed by atoms with Crippen molar-refractivity contribution in [3.8, 4) is 12.1 Å². The minimum absolute atomic E-state index is 0.208. The number of esters is 2. The molecule has 0 aromatic heterocycles. The van der Waals surface area contributed by atoms with Crippen LogP contribution in [0.2, 0.25) is 0 Å². The molecule has 114 valence electrons. The highest BCUT2D eigenvalue weighted by molar-refractivity contribution is 5.93. The molecule has 0 saturated carbocycles. The summed E-state index contributed by atoms with van der Waals surface area (Å²) in [6.45, 7) is 5.89. The number of carbonyl (C=O) groups is 2. The van der Waals surface area contributed by atoms with Gasteiger partial charge in [-0.25, -0.2) is 9.59 Å². The van der Waals surface area contributed by atoms with Crippen molar-refractivity contribution in [1.29, 1.82) is 10.5 Å². The summed E-state index contributed by atoms with van der Waals surface area (Å²) in [6, 6.07) is 9.29. The number of ether oxygens (including phenoxy) is 2. The molecule has 0 aliphatic heterocycles. The minimum Gasteiger partial charge on any atom is -0.441 e. The normalized spacial score (nSPS) is 11.0. The molecule has 0 saturated heterocycles. The molecular formula is C16H16N2O4. The summed E-state index contributed by atoms with van der Waals surface area (Å²) in [5.74, 6) is -1.33. The van der Waals surface area contributed by atoms with Crippen LogP contribution in [0.4, 0.5) is 0 Å². The molecule has 0 amide bonds. The quantitative estimate of drug-likeness (QED) is 0.792. The third-order valence-corrected chi connectivity index (χ3v) is 2.59. The summed E-state index contributed by atoms with van der Waals surface area (Å²) in [6.07, 6.45) is 0. The number of nitriles is 2. The maximum absolute atomic E-state index is 11.8. The lowest BCUT2D eigenvalue weighted by molar-refractivity contribution is 0.0181. The van der Waals surface area contributed by atoms with Gasteiger partial charge in [-0.1, -0.05) is 0 Å². The molecule has 0 bridgehead atoms. The molecule has 0 spiro atoms. The fourth-order valence-electron chi connectivity index (χ4n) is 1.37. The lowest BCUT2D eigenvalue weighted by Gasteiger charge is -2.17. The first kappa shape index (κ1) is 17.2. The average Bonchev–Trinajstić information content (AvgIpc) is 2.46. The van der Waals surface area contributed by atoms with E-state index in [9.17, 15) is 9.59 Å². The molecular weight excluding hydrogens is 284 g/mol. The predicted octanol–water partition coefficient (Wildman–Crippen LogP) is 2.60. The van der Waals surface area contributed by atoms with E-state index in [0.29, 0.717) is 0 Å². The number of hydrogen-bond acceptors (Lipinski definition) is 6. The summed E-state index contributed by atoms with van der Waals surface area (Å²) in [7, 11) is 0. The molecule has 0 aliphatic rings. The Morgan fingerprint density at radius 2 is 1.09 bits per heavy atom. The fraction of sp³-hybridized carbons (Fsp3) is 0.375. The van der Waals surface area contributed by atoms with E-state index in [1.165, 1.54) is 52.0 Å². The second-order valence-corrected chi connectivity index (χ2v) is 5.60. The van der Waals surface area contributed by atoms with Crippen molar-refractivity contribution >= 4 is 11.9 Å². The molecule has 1 aromatic rings. The standard InChI is InChI=1S/C16H16N2O4/c1-15(2,9-17)21-13(19)11-5-7-12(8-6-11)14(20)22-16(3,4)10-18/h5-8H,1-4H3. The van der Waals surface area contributed by atoms with Gasteiger partial charge in [-0.15, -0.1) is 0 Å². The zero-order valence-electron chi connectivity index (χ0n) is 12.8. The van der Waals surface area contributed by atoms with E-state index in [2.05, 4.69) is 0 Å². The Bertz CT molecular complexity index is 602. The second kappa shape index (κ2) is 6.28. The molecule has 0 fully saturated rings. The smallest absolute Gasteiger partial charge is 0.339 e. The van der Waals surface area contributed by atoms with Crippen LogP contribution in [-0.2, 0) is 9.47 Å². The Morgan fingerprint density at radius 3 is 1.32 bits per heavy atom. The molecule has 0 heterocycles. The van der Waals surface area contributed by atoms with Crippen LogP contribution in [0.15, 0.2) is 24.3 Å². The van der Waals surface area contributed by atoms with Crippen molar-refractivity contribution in [1.82, 2.24) is 0 Å². The van der Waals surface area contributed by atoms with Crippen molar-refractivity contribution in [2.75, 3.05) is 0 Å². The summed E-state index contributed by atoms with van der Waals surface area (Å²) in [5, 5.41) is 17.6. The SMILES string of the molecule is CC(C)(C#N)OC(=O)c1ccc(C(=O)OC(C)(C)C#N)cc1. The Morgan fingerprint density at radius 1 is 0.818 bits per heavy atom. The largest absolute Gasteiger partial charge is 0.441 e. The number of hydrogen-bond donors (Lipinski definition) is 0. The Kier molecular flexibility index (Phi) is 4.90. The van der Waals surface area contributed by atoms with Gasteiger partial charge in [0.1, 0.15) is 12.1 Å². The van der Waals surface area contributed by atoms with Gasteiger partial charge in [-0.05, 0) is 52.0 Å². The average molecular weight is 300 g/mol. The molecule has 0 atom stereocenters. The Hall–Kier alpha value is -2.86.